The number of alkyl halides is 3. The SMILES string of the molecule is O=C(Nc1nc2c(C(F)(F)F)cccc2s1)C1c2ccccc2Oc2ccccc21. The van der Waals surface area contributed by atoms with Crippen molar-refractivity contribution in [3.05, 3.63) is 83.4 Å². The Hall–Kier alpha value is -3.39. The highest BCUT2D eigenvalue weighted by molar-refractivity contribution is 7.22. The molecule has 0 unspecified atom stereocenters. The fourth-order valence-electron chi connectivity index (χ4n) is 3.60. The molecule has 0 saturated heterocycles. The van der Waals surface area contributed by atoms with E-state index >= 15 is 0 Å². The zero-order chi connectivity index (χ0) is 20.9. The second kappa shape index (κ2) is 6.84. The molecule has 0 atom stereocenters. The van der Waals surface area contributed by atoms with Crippen LogP contribution >= 0.6 is 11.3 Å². The van der Waals surface area contributed by atoms with Gasteiger partial charge in [0.05, 0.1) is 21.7 Å². The first-order valence-electron chi connectivity index (χ1n) is 9.05. The molecule has 0 saturated carbocycles. The number of anilines is 1. The molecule has 1 aliphatic heterocycles. The highest BCUT2D eigenvalue weighted by atomic mass is 32.1. The number of fused-ring (bicyclic) bond motifs is 3. The van der Waals surface area contributed by atoms with E-state index in [0.29, 0.717) is 27.3 Å². The second-order valence-corrected chi connectivity index (χ2v) is 7.80. The maximum absolute atomic E-state index is 13.3. The number of carbonyl (C=O) groups excluding carboxylic acids is 1. The van der Waals surface area contributed by atoms with Gasteiger partial charge in [0.2, 0.25) is 5.91 Å². The summed E-state index contributed by atoms with van der Waals surface area (Å²) in [6, 6.07) is 18.3. The predicted molar refractivity (Wildman–Crippen MR) is 108 cm³/mol. The van der Waals surface area contributed by atoms with Crippen LogP contribution in [-0.4, -0.2) is 10.9 Å². The van der Waals surface area contributed by atoms with Gasteiger partial charge in [-0.3, -0.25) is 4.79 Å². The smallest absolute Gasteiger partial charge is 0.418 e. The van der Waals surface area contributed by atoms with Crippen molar-refractivity contribution in [3.8, 4) is 11.5 Å². The summed E-state index contributed by atoms with van der Waals surface area (Å²) in [4.78, 5) is 17.3. The number of para-hydroxylation sites is 3. The van der Waals surface area contributed by atoms with Crippen molar-refractivity contribution in [3.63, 3.8) is 0 Å². The fourth-order valence-corrected chi connectivity index (χ4v) is 4.50. The second-order valence-electron chi connectivity index (χ2n) is 6.77. The number of ether oxygens (including phenoxy) is 1. The van der Waals surface area contributed by atoms with Gasteiger partial charge >= 0.3 is 6.18 Å². The van der Waals surface area contributed by atoms with Gasteiger partial charge < -0.3 is 10.1 Å². The van der Waals surface area contributed by atoms with Crippen LogP contribution in [0.5, 0.6) is 11.5 Å². The third-order valence-corrected chi connectivity index (χ3v) is 5.83. The van der Waals surface area contributed by atoms with E-state index < -0.39 is 17.7 Å². The van der Waals surface area contributed by atoms with Gasteiger partial charge in [-0.15, -0.1) is 0 Å². The molecule has 1 N–H and O–H groups in total. The average Bonchev–Trinajstić information content (AvgIpc) is 3.13. The molecule has 0 radical (unpaired) electrons. The molecule has 4 nitrogen and oxygen atoms in total. The van der Waals surface area contributed by atoms with Gasteiger partial charge in [-0.05, 0) is 24.3 Å². The number of halogens is 3. The number of rotatable bonds is 2. The summed E-state index contributed by atoms with van der Waals surface area (Å²) in [5.41, 5.74) is 0.383. The lowest BCUT2D eigenvalue weighted by Gasteiger charge is -2.27. The molecule has 1 amide bonds. The Labute approximate surface area is 172 Å². The van der Waals surface area contributed by atoms with Crippen molar-refractivity contribution >= 4 is 32.6 Å². The predicted octanol–water partition coefficient (Wildman–Crippen LogP) is 6.19. The Morgan fingerprint density at radius 3 is 2.20 bits per heavy atom. The highest BCUT2D eigenvalue weighted by Gasteiger charge is 2.35. The van der Waals surface area contributed by atoms with Crippen LogP contribution in [0.1, 0.15) is 22.6 Å². The largest absolute Gasteiger partial charge is 0.457 e. The number of thiazole rings is 1. The van der Waals surface area contributed by atoms with Crippen LogP contribution in [0.25, 0.3) is 10.2 Å². The monoisotopic (exact) mass is 426 g/mol. The Bertz CT molecular complexity index is 1240. The molecule has 1 aliphatic rings. The molecule has 4 aromatic rings. The maximum atomic E-state index is 13.3. The Morgan fingerprint density at radius 1 is 0.933 bits per heavy atom. The summed E-state index contributed by atoms with van der Waals surface area (Å²) >= 11 is 1.01. The molecule has 8 heteroatoms. The van der Waals surface area contributed by atoms with Crippen LogP contribution in [-0.2, 0) is 11.0 Å². The topological polar surface area (TPSA) is 51.2 Å². The van der Waals surface area contributed by atoms with E-state index in [2.05, 4.69) is 10.3 Å². The van der Waals surface area contributed by atoms with E-state index in [1.807, 2.05) is 24.3 Å². The zero-order valence-electron chi connectivity index (χ0n) is 15.2. The van der Waals surface area contributed by atoms with E-state index in [9.17, 15) is 18.0 Å². The van der Waals surface area contributed by atoms with Gasteiger partial charge in [-0.2, -0.15) is 13.2 Å². The molecule has 30 heavy (non-hydrogen) atoms. The van der Waals surface area contributed by atoms with Gasteiger partial charge in [0.1, 0.15) is 11.5 Å². The lowest BCUT2D eigenvalue weighted by Crippen LogP contribution is -2.25. The van der Waals surface area contributed by atoms with E-state index in [1.165, 1.54) is 6.07 Å². The van der Waals surface area contributed by atoms with Crippen molar-refractivity contribution in [2.75, 3.05) is 5.32 Å². The third-order valence-electron chi connectivity index (χ3n) is 4.90. The maximum Gasteiger partial charge on any atom is 0.418 e. The molecule has 1 aromatic heterocycles. The number of nitrogens with one attached hydrogen (secondary N) is 1. The molecular weight excluding hydrogens is 413 g/mol. The Balaban J connectivity index is 1.54. The summed E-state index contributed by atoms with van der Waals surface area (Å²) in [5.74, 6) is 0.0890. The molecule has 5 rings (SSSR count). The zero-order valence-corrected chi connectivity index (χ0v) is 16.1. The molecule has 0 aliphatic carbocycles. The van der Waals surface area contributed by atoms with Crippen molar-refractivity contribution in [2.24, 2.45) is 0 Å². The van der Waals surface area contributed by atoms with Gasteiger partial charge in [-0.1, -0.05) is 53.8 Å². The van der Waals surface area contributed by atoms with Crippen LogP contribution in [0.4, 0.5) is 18.3 Å². The van der Waals surface area contributed by atoms with Crippen LogP contribution in [0.15, 0.2) is 66.7 Å². The first kappa shape index (κ1) is 18.6. The first-order valence-corrected chi connectivity index (χ1v) is 9.87. The summed E-state index contributed by atoms with van der Waals surface area (Å²) in [6.45, 7) is 0. The van der Waals surface area contributed by atoms with Crippen LogP contribution < -0.4 is 10.1 Å². The number of aromatic nitrogens is 1. The molecule has 3 aromatic carbocycles. The minimum Gasteiger partial charge on any atom is -0.457 e. The first-order chi connectivity index (χ1) is 14.4. The molecule has 0 spiro atoms. The van der Waals surface area contributed by atoms with E-state index in [1.54, 1.807) is 30.3 Å². The molecule has 150 valence electrons. The van der Waals surface area contributed by atoms with E-state index in [-0.39, 0.29) is 16.6 Å². The Kier molecular flexibility index (Phi) is 4.25. The van der Waals surface area contributed by atoms with Crippen LogP contribution in [0.3, 0.4) is 0 Å². The molecule has 2 heterocycles. The Morgan fingerprint density at radius 2 is 1.57 bits per heavy atom. The summed E-state index contributed by atoms with van der Waals surface area (Å²) < 4.78 is 46.1. The summed E-state index contributed by atoms with van der Waals surface area (Å²) in [7, 11) is 0. The van der Waals surface area contributed by atoms with Gasteiger partial charge in [0, 0.05) is 11.1 Å². The highest BCUT2D eigenvalue weighted by Crippen LogP contribution is 2.44. The minimum atomic E-state index is -4.52. The van der Waals surface area contributed by atoms with Crippen LogP contribution in [0.2, 0.25) is 0 Å². The van der Waals surface area contributed by atoms with Gasteiger partial charge in [0.15, 0.2) is 5.13 Å². The number of amides is 1. The van der Waals surface area contributed by atoms with Crippen LogP contribution in [0, 0.1) is 0 Å². The average molecular weight is 426 g/mol. The summed E-state index contributed by atoms with van der Waals surface area (Å²) in [5, 5.41) is 2.83. The molecular formula is C22H13F3N2O2S. The number of nitrogens with zero attached hydrogens (tertiary/aromatic N) is 1. The number of benzene rings is 3. The normalized spacial score (nSPS) is 13.4. The van der Waals surface area contributed by atoms with E-state index in [4.69, 9.17) is 4.74 Å². The van der Waals surface area contributed by atoms with E-state index in [0.717, 1.165) is 17.4 Å². The van der Waals surface area contributed by atoms with Crippen molar-refractivity contribution in [1.29, 1.82) is 0 Å². The van der Waals surface area contributed by atoms with Crippen molar-refractivity contribution < 1.29 is 22.7 Å². The number of carbonyl (C=O) groups is 1. The fraction of sp³-hybridized carbons (Fsp3) is 0.0909. The molecule has 0 bridgehead atoms. The molecule has 0 fully saturated rings. The lowest BCUT2D eigenvalue weighted by molar-refractivity contribution is -0.136. The quantitative estimate of drug-likeness (QED) is 0.416. The number of hydrogen-bond donors (Lipinski definition) is 1. The number of hydrogen-bond acceptors (Lipinski definition) is 4. The summed E-state index contributed by atoms with van der Waals surface area (Å²) in [6.07, 6.45) is -4.52. The standard InChI is InChI=1S/C22H13F3N2O2S/c23-22(24,25)14-8-5-11-17-19(14)26-21(30-17)27-20(28)18-12-6-1-3-9-15(12)29-16-10-4-2-7-13(16)18/h1-11,18H,(H,26,27,28). The lowest BCUT2D eigenvalue weighted by atomic mass is 9.87. The van der Waals surface area contributed by atoms with Crippen molar-refractivity contribution in [1.82, 2.24) is 4.98 Å². The van der Waals surface area contributed by atoms with Gasteiger partial charge in [0.25, 0.3) is 0 Å². The third kappa shape index (κ3) is 3.09. The minimum absolute atomic E-state index is 0.119. The van der Waals surface area contributed by atoms with Crippen molar-refractivity contribution in [2.45, 2.75) is 12.1 Å². The van der Waals surface area contributed by atoms with Gasteiger partial charge in [-0.25, -0.2) is 4.98 Å².